The minimum absolute atomic E-state index is 0.416. The Hall–Kier alpha value is -2.20. The Balaban J connectivity index is 1.59. The van der Waals surface area contributed by atoms with Crippen molar-refractivity contribution in [1.82, 2.24) is 0 Å². The van der Waals surface area contributed by atoms with Crippen molar-refractivity contribution in [2.24, 2.45) is 0 Å². The number of thiophene rings is 4. The van der Waals surface area contributed by atoms with Crippen molar-refractivity contribution in [1.29, 1.82) is 0 Å². The van der Waals surface area contributed by atoms with E-state index in [-0.39, 0.29) is 0 Å². The average molecular weight is 475 g/mol. The normalized spacial score (nSPS) is 11.8. The molecule has 0 aliphatic carbocycles. The molecule has 9 heteroatoms. The lowest BCUT2D eigenvalue weighted by molar-refractivity contribution is -0.574. The summed E-state index contributed by atoms with van der Waals surface area (Å²) >= 11 is 6.27. The van der Waals surface area contributed by atoms with Gasteiger partial charge in [-0.1, -0.05) is 12.1 Å². The molecule has 1 nitrogen and oxygen atoms in total. The van der Waals surface area contributed by atoms with Crippen LogP contribution in [0.25, 0.3) is 40.4 Å². The molecule has 5 heterocycles. The van der Waals surface area contributed by atoms with E-state index in [9.17, 15) is 12.9 Å². The van der Waals surface area contributed by atoms with Crippen LogP contribution in [0.1, 0.15) is 0 Å². The Labute approximate surface area is 187 Å². The molecule has 0 saturated carbocycles. The molecule has 0 spiro atoms. The molecule has 5 aromatic heterocycles. The van der Waals surface area contributed by atoms with Gasteiger partial charge in [0, 0.05) is 29.3 Å². The van der Waals surface area contributed by atoms with Crippen LogP contribution in [0.15, 0.2) is 77.8 Å². The van der Waals surface area contributed by atoms with E-state index in [1.54, 1.807) is 22.7 Å². The van der Waals surface area contributed by atoms with Gasteiger partial charge >= 0.3 is 7.11 Å². The van der Waals surface area contributed by atoms with E-state index in [4.69, 9.17) is 0 Å². The molecule has 0 atom stereocenters. The Kier molecular flexibility index (Phi) is 5.14. The molecule has 0 unspecified atom stereocenters. The van der Waals surface area contributed by atoms with E-state index in [2.05, 4.69) is 0 Å². The van der Waals surface area contributed by atoms with Crippen LogP contribution in [0.3, 0.4) is 0 Å². The zero-order valence-electron chi connectivity index (χ0n) is 15.3. The lowest BCUT2D eigenvalue weighted by Gasteiger charge is -2.11. The van der Waals surface area contributed by atoms with E-state index >= 15 is 0 Å². The summed E-state index contributed by atoms with van der Waals surface area (Å²) in [7, 11) is -5.17. The van der Waals surface area contributed by atoms with Crippen LogP contribution in [0.2, 0.25) is 0 Å². The molecular formula is C21H13BF3NS4. The van der Waals surface area contributed by atoms with E-state index in [0.717, 1.165) is 29.3 Å². The number of hydrogen-bond acceptors (Lipinski definition) is 4. The number of halogens is 3. The van der Waals surface area contributed by atoms with Crippen molar-refractivity contribution >= 4 is 52.5 Å². The fourth-order valence-corrected chi connectivity index (χ4v) is 6.77. The summed E-state index contributed by atoms with van der Waals surface area (Å²) in [6, 6.07) is 17.6. The van der Waals surface area contributed by atoms with Crippen molar-refractivity contribution < 1.29 is 17.4 Å². The van der Waals surface area contributed by atoms with Crippen LogP contribution in [0.4, 0.5) is 12.9 Å². The van der Waals surface area contributed by atoms with Gasteiger partial charge in [0.1, 0.15) is 12.4 Å². The van der Waals surface area contributed by atoms with Crippen LogP contribution in [-0.4, -0.2) is 7.11 Å². The molecule has 5 rings (SSSR count). The lowest BCUT2D eigenvalue weighted by Crippen LogP contribution is -2.55. The van der Waals surface area contributed by atoms with E-state index < -0.39 is 7.11 Å². The lowest BCUT2D eigenvalue weighted by atomic mass is 10.1. The summed E-state index contributed by atoms with van der Waals surface area (Å²) in [6.45, 7) is 0. The Morgan fingerprint density at radius 3 is 1.47 bits per heavy atom. The van der Waals surface area contributed by atoms with Gasteiger partial charge in [0.2, 0.25) is 0 Å². The summed E-state index contributed by atoms with van der Waals surface area (Å²) < 4.78 is 41.4. The highest BCUT2D eigenvalue weighted by atomic mass is 32.1. The monoisotopic (exact) mass is 475 g/mol. The Bertz CT molecular complexity index is 1190. The highest BCUT2D eigenvalue weighted by Gasteiger charge is 2.41. The third-order valence-corrected chi connectivity index (χ3v) is 8.93. The SMILES string of the molecule is F[B-](F)(F)[n+]1cc(-c2ccc(-c3cccs3)s2)cc(-c2ccc(-c3cccs3)s2)c1. The van der Waals surface area contributed by atoms with Gasteiger partial charge in [-0.15, -0.1) is 45.3 Å². The molecule has 0 aliphatic rings. The number of rotatable bonds is 5. The maximum Gasteiger partial charge on any atom is 0.810 e. The number of hydrogen-bond donors (Lipinski definition) is 0. The van der Waals surface area contributed by atoms with Crippen molar-refractivity contribution in [3.8, 4) is 40.4 Å². The summed E-state index contributed by atoms with van der Waals surface area (Å²) in [5.74, 6) is 0. The third-order valence-electron chi connectivity index (χ3n) is 4.53. The van der Waals surface area contributed by atoms with Crippen molar-refractivity contribution in [2.45, 2.75) is 0 Å². The molecular weight excluding hydrogens is 462 g/mol. The van der Waals surface area contributed by atoms with Crippen molar-refractivity contribution in [2.75, 3.05) is 0 Å². The molecule has 0 bridgehead atoms. The van der Waals surface area contributed by atoms with Crippen molar-refractivity contribution in [3.63, 3.8) is 0 Å². The molecule has 0 aromatic carbocycles. The first-order valence-electron chi connectivity index (χ1n) is 9.01. The van der Waals surface area contributed by atoms with Crippen LogP contribution in [0, 0.1) is 0 Å². The second-order valence-electron chi connectivity index (χ2n) is 6.58. The van der Waals surface area contributed by atoms with Gasteiger partial charge in [0.25, 0.3) is 0 Å². The van der Waals surface area contributed by atoms with Gasteiger partial charge in [-0.25, -0.2) is 0 Å². The highest BCUT2D eigenvalue weighted by Crippen LogP contribution is 2.40. The molecule has 5 aromatic rings. The maximum atomic E-state index is 13.7. The molecule has 0 saturated heterocycles. The van der Waals surface area contributed by atoms with Crippen molar-refractivity contribution in [3.05, 3.63) is 77.8 Å². The predicted octanol–water partition coefficient (Wildman–Crippen LogP) is 8.08. The highest BCUT2D eigenvalue weighted by molar-refractivity contribution is 7.23. The number of aromatic nitrogens is 1. The summed E-state index contributed by atoms with van der Waals surface area (Å²) in [5.41, 5.74) is 1.15. The molecule has 0 radical (unpaired) electrons. The Morgan fingerprint density at radius 1 is 0.600 bits per heavy atom. The Morgan fingerprint density at radius 2 is 1.07 bits per heavy atom. The van der Waals surface area contributed by atoms with Crippen LogP contribution in [-0.2, 0) is 0 Å². The molecule has 0 aliphatic heterocycles. The van der Waals surface area contributed by atoms with E-state index in [0.29, 0.717) is 15.6 Å². The minimum Gasteiger partial charge on any atom is -0.379 e. The molecule has 0 fully saturated rings. The summed E-state index contributed by atoms with van der Waals surface area (Å²) in [4.78, 5) is 6.01. The van der Waals surface area contributed by atoms with Gasteiger partial charge in [-0.05, 0) is 53.2 Å². The summed E-state index contributed by atoms with van der Waals surface area (Å²) in [5, 5.41) is 3.99. The quantitative estimate of drug-likeness (QED) is 0.226. The average Bonchev–Trinajstić information content (AvgIpc) is 3.53. The maximum absolute atomic E-state index is 13.7. The van der Waals surface area contributed by atoms with Crippen LogP contribution < -0.4 is 4.48 Å². The zero-order valence-corrected chi connectivity index (χ0v) is 18.6. The van der Waals surface area contributed by atoms with Gasteiger partial charge < -0.3 is 17.4 Å². The largest absolute Gasteiger partial charge is 0.810 e. The first-order valence-corrected chi connectivity index (χ1v) is 12.4. The molecule has 0 N–H and O–H groups in total. The fraction of sp³-hybridized carbons (Fsp3) is 0. The second kappa shape index (κ2) is 7.81. The number of nitrogens with zero attached hydrogens (tertiary/aromatic N) is 1. The molecule has 150 valence electrons. The number of pyridine rings is 1. The van der Waals surface area contributed by atoms with Gasteiger partial charge in [-0.2, -0.15) is 0 Å². The molecule has 30 heavy (non-hydrogen) atoms. The summed E-state index contributed by atoms with van der Waals surface area (Å²) in [6.07, 6.45) is 2.39. The molecule has 0 amide bonds. The first-order chi connectivity index (χ1) is 14.5. The second-order valence-corrected chi connectivity index (χ2v) is 10.6. The topological polar surface area (TPSA) is 3.88 Å². The standard InChI is InChI=1S/C21H13BF3NS4/c23-22(24,25)26-12-14(16-5-7-20(29-16)18-3-1-9-27-18)11-15(13-26)17-6-8-21(30-17)19-4-2-10-28-19/h1-13H. The smallest absolute Gasteiger partial charge is 0.379 e. The van der Waals surface area contributed by atoms with E-state index in [1.165, 1.54) is 35.1 Å². The fourth-order valence-electron chi connectivity index (χ4n) is 3.13. The van der Waals surface area contributed by atoms with Gasteiger partial charge in [0.15, 0.2) is 0 Å². The minimum atomic E-state index is -5.17. The van der Waals surface area contributed by atoms with E-state index in [1.807, 2.05) is 65.4 Å². The zero-order chi connectivity index (χ0) is 20.7. The third kappa shape index (κ3) is 3.90. The first kappa shape index (κ1) is 19.7. The van der Waals surface area contributed by atoms with Gasteiger partial charge in [-0.3, -0.25) is 0 Å². The van der Waals surface area contributed by atoms with Crippen LogP contribution >= 0.6 is 45.3 Å². The van der Waals surface area contributed by atoms with Gasteiger partial charge in [0.05, 0.1) is 11.1 Å². The van der Waals surface area contributed by atoms with Crippen LogP contribution in [0.5, 0.6) is 0 Å². The predicted molar refractivity (Wildman–Crippen MR) is 124 cm³/mol.